The third-order valence-corrected chi connectivity index (χ3v) is 5.00. The minimum absolute atomic E-state index is 0.101. The van der Waals surface area contributed by atoms with Gasteiger partial charge in [-0.2, -0.15) is 0 Å². The summed E-state index contributed by atoms with van der Waals surface area (Å²) in [5.41, 5.74) is 1.41. The SMILES string of the molecule is O=C(O)c1ccc(CN2CCCC(Oc3ccc(Cl)c(Cl)c3)C2)cc1. The Bertz CT molecular complexity index is 749. The molecular formula is C19H19Cl2NO3. The molecule has 6 heteroatoms. The summed E-state index contributed by atoms with van der Waals surface area (Å²) in [6.07, 6.45) is 2.15. The quantitative estimate of drug-likeness (QED) is 0.815. The first-order valence-electron chi connectivity index (χ1n) is 8.17. The Kier molecular flexibility index (Phi) is 5.84. The molecule has 0 bridgehead atoms. The smallest absolute Gasteiger partial charge is 0.335 e. The van der Waals surface area contributed by atoms with Crippen LogP contribution >= 0.6 is 23.2 Å². The normalized spacial score (nSPS) is 18.1. The molecule has 4 nitrogen and oxygen atoms in total. The van der Waals surface area contributed by atoms with Crippen molar-refractivity contribution in [3.63, 3.8) is 0 Å². The molecule has 1 N–H and O–H groups in total. The molecule has 1 atom stereocenters. The van der Waals surface area contributed by atoms with Gasteiger partial charge in [0, 0.05) is 19.2 Å². The van der Waals surface area contributed by atoms with Crippen molar-refractivity contribution in [2.45, 2.75) is 25.5 Å². The Morgan fingerprint density at radius 3 is 2.60 bits per heavy atom. The zero-order valence-electron chi connectivity index (χ0n) is 13.6. The minimum Gasteiger partial charge on any atom is -0.489 e. The van der Waals surface area contributed by atoms with Crippen molar-refractivity contribution in [2.24, 2.45) is 0 Å². The fourth-order valence-corrected chi connectivity index (χ4v) is 3.29. The van der Waals surface area contributed by atoms with Crippen molar-refractivity contribution in [1.82, 2.24) is 4.90 Å². The number of piperidine rings is 1. The maximum absolute atomic E-state index is 10.9. The van der Waals surface area contributed by atoms with E-state index in [0.29, 0.717) is 15.6 Å². The number of carboxylic acid groups (broad SMARTS) is 1. The molecule has 3 rings (SSSR count). The maximum Gasteiger partial charge on any atom is 0.335 e. The van der Waals surface area contributed by atoms with Gasteiger partial charge in [0.2, 0.25) is 0 Å². The molecular weight excluding hydrogens is 361 g/mol. The molecule has 132 valence electrons. The van der Waals surface area contributed by atoms with Gasteiger partial charge >= 0.3 is 5.97 Å². The molecule has 25 heavy (non-hydrogen) atoms. The number of benzene rings is 2. The highest BCUT2D eigenvalue weighted by Gasteiger charge is 2.21. The van der Waals surface area contributed by atoms with E-state index < -0.39 is 5.97 Å². The Labute approximate surface area is 156 Å². The Balaban J connectivity index is 1.58. The van der Waals surface area contributed by atoms with E-state index in [2.05, 4.69) is 4.90 Å². The summed E-state index contributed by atoms with van der Waals surface area (Å²) in [4.78, 5) is 13.2. The second kappa shape index (κ2) is 8.09. The highest BCUT2D eigenvalue weighted by atomic mass is 35.5. The van der Waals surface area contributed by atoms with Crippen molar-refractivity contribution in [1.29, 1.82) is 0 Å². The van der Waals surface area contributed by atoms with Crippen LogP contribution in [0.1, 0.15) is 28.8 Å². The van der Waals surface area contributed by atoms with E-state index >= 15 is 0 Å². The molecule has 1 heterocycles. The number of hydrogen-bond donors (Lipinski definition) is 1. The summed E-state index contributed by atoms with van der Waals surface area (Å²) in [6.45, 7) is 2.60. The number of nitrogens with zero attached hydrogens (tertiary/aromatic N) is 1. The number of aromatic carboxylic acids is 1. The van der Waals surface area contributed by atoms with Crippen molar-refractivity contribution in [2.75, 3.05) is 13.1 Å². The van der Waals surface area contributed by atoms with Crippen LogP contribution in [0.4, 0.5) is 0 Å². The number of rotatable bonds is 5. The number of hydrogen-bond acceptors (Lipinski definition) is 3. The molecule has 1 fully saturated rings. The van der Waals surface area contributed by atoms with Gasteiger partial charge in [0.1, 0.15) is 11.9 Å². The lowest BCUT2D eigenvalue weighted by Crippen LogP contribution is -2.40. The van der Waals surface area contributed by atoms with Gasteiger partial charge in [-0.3, -0.25) is 4.90 Å². The fourth-order valence-electron chi connectivity index (χ4n) is 3.01. The molecule has 0 amide bonds. The van der Waals surface area contributed by atoms with Crippen LogP contribution in [0.3, 0.4) is 0 Å². The third kappa shape index (κ3) is 4.88. The summed E-state index contributed by atoms with van der Waals surface area (Å²) < 4.78 is 6.05. The van der Waals surface area contributed by atoms with Gasteiger partial charge in [0.25, 0.3) is 0 Å². The van der Waals surface area contributed by atoms with E-state index in [1.54, 1.807) is 24.3 Å². The van der Waals surface area contributed by atoms with Crippen molar-refractivity contribution in [3.05, 3.63) is 63.6 Å². The largest absolute Gasteiger partial charge is 0.489 e. The molecule has 0 spiro atoms. The number of carboxylic acids is 1. The van der Waals surface area contributed by atoms with E-state index in [-0.39, 0.29) is 6.10 Å². The lowest BCUT2D eigenvalue weighted by Gasteiger charge is -2.33. The van der Waals surface area contributed by atoms with Crippen LogP contribution in [0, 0.1) is 0 Å². The Morgan fingerprint density at radius 1 is 1.16 bits per heavy atom. The van der Waals surface area contributed by atoms with Crippen molar-refractivity contribution < 1.29 is 14.6 Å². The van der Waals surface area contributed by atoms with Gasteiger partial charge < -0.3 is 9.84 Å². The van der Waals surface area contributed by atoms with Crippen LogP contribution in [0.25, 0.3) is 0 Å². The van der Waals surface area contributed by atoms with E-state index in [1.165, 1.54) is 0 Å². The van der Waals surface area contributed by atoms with Crippen molar-refractivity contribution in [3.8, 4) is 5.75 Å². The topological polar surface area (TPSA) is 49.8 Å². The van der Waals surface area contributed by atoms with Crippen LogP contribution in [0.2, 0.25) is 10.0 Å². The highest BCUT2D eigenvalue weighted by molar-refractivity contribution is 6.42. The van der Waals surface area contributed by atoms with E-state index in [0.717, 1.165) is 43.8 Å². The first-order valence-corrected chi connectivity index (χ1v) is 8.93. The Hall–Kier alpha value is -1.75. The highest BCUT2D eigenvalue weighted by Crippen LogP contribution is 2.28. The number of carbonyl (C=O) groups is 1. The molecule has 1 unspecified atom stereocenters. The molecule has 0 saturated carbocycles. The predicted molar refractivity (Wildman–Crippen MR) is 98.8 cm³/mol. The number of likely N-dealkylation sites (tertiary alicyclic amines) is 1. The standard InChI is InChI=1S/C19H19Cl2NO3/c20-17-8-7-15(10-18(17)21)25-16-2-1-9-22(12-16)11-13-3-5-14(6-4-13)19(23)24/h3-8,10,16H,1-2,9,11-12H2,(H,23,24). The summed E-state index contributed by atoms with van der Waals surface area (Å²) in [7, 11) is 0. The monoisotopic (exact) mass is 379 g/mol. The van der Waals surface area contributed by atoms with Gasteiger partial charge in [-0.15, -0.1) is 0 Å². The first-order chi connectivity index (χ1) is 12.0. The summed E-state index contributed by atoms with van der Waals surface area (Å²) >= 11 is 12.0. The molecule has 1 aliphatic rings. The summed E-state index contributed by atoms with van der Waals surface area (Å²) in [5, 5.41) is 9.97. The lowest BCUT2D eigenvalue weighted by molar-refractivity contribution is 0.0697. The minimum atomic E-state index is -0.903. The van der Waals surface area contributed by atoms with Crippen molar-refractivity contribution >= 4 is 29.2 Å². The average molecular weight is 380 g/mol. The number of ether oxygens (including phenoxy) is 1. The molecule has 1 saturated heterocycles. The van der Waals surface area contributed by atoms with Crippen LogP contribution in [-0.2, 0) is 6.54 Å². The number of halogens is 2. The van der Waals surface area contributed by atoms with Crippen LogP contribution in [0.15, 0.2) is 42.5 Å². The zero-order chi connectivity index (χ0) is 17.8. The summed E-state index contributed by atoms with van der Waals surface area (Å²) in [5.74, 6) is -0.174. The van der Waals surface area contributed by atoms with Gasteiger partial charge in [-0.1, -0.05) is 35.3 Å². The average Bonchev–Trinajstić information content (AvgIpc) is 2.59. The second-order valence-corrected chi connectivity index (χ2v) is 7.01. The molecule has 0 radical (unpaired) electrons. The van der Waals surface area contributed by atoms with E-state index in [9.17, 15) is 4.79 Å². The first kappa shape index (κ1) is 18.1. The van der Waals surface area contributed by atoms with Gasteiger partial charge in [-0.25, -0.2) is 4.79 Å². The van der Waals surface area contributed by atoms with Gasteiger partial charge in [0.05, 0.1) is 15.6 Å². The van der Waals surface area contributed by atoms with E-state index in [1.807, 2.05) is 18.2 Å². The van der Waals surface area contributed by atoms with Crippen LogP contribution < -0.4 is 4.74 Å². The molecule has 0 aromatic heterocycles. The molecule has 0 aliphatic carbocycles. The van der Waals surface area contributed by atoms with Gasteiger partial charge in [-0.05, 0) is 49.2 Å². The van der Waals surface area contributed by atoms with Crippen LogP contribution in [-0.4, -0.2) is 35.2 Å². The second-order valence-electron chi connectivity index (χ2n) is 6.20. The van der Waals surface area contributed by atoms with E-state index in [4.69, 9.17) is 33.0 Å². The fraction of sp³-hybridized carbons (Fsp3) is 0.316. The van der Waals surface area contributed by atoms with Crippen LogP contribution in [0.5, 0.6) is 5.75 Å². The molecule has 2 aromatic carbocycles. The lowest BCUT2D eigenvalue weighted by atomic mass is 10.1. The predicted octanol–water partition coefficient (Wildman–Crippen LogP) is 4.74. The molecule has 1 aliphatic heterocycles. The third-order valence-electron chi connectivity index (χ3n) is 4.26. The zero-order valence-corrected chi connectivity index (χ0v) is 15.1. The summed E-state index contributed by atoms with van der Waals surface area (Å²) in [6, 6.07) is 12.3. The molecule has 2 aromatic rings. The Morgan fingerprint density at radius 2 is 1.92 bits per heavy atom. The maximum atomic E-state index is 10.9. The van der Waals surface area contributed by atoms with Gasteiger partial charge in [0.15, 0.2) is 0 Å².